The fourth-order valence-electron chi connectivity index (χ4n) is 1.06. The van der Waals surface area contributed by atoms with Gasteiger partial charge in [0.2, 0.25) is 0 Å². The summed E-state index contributed by atoms with van der Waals surface area (Å²) in [4.78, 5) is 22.3. The summed E-state index contributed by atoms with van der Waals surface area (Å²) < 4.78 is 12.6. The van der Waals surface area contributed by atoms with Gasteiger partial charge in [0, 0.05) is 5.56 Å². The van der Waals surface area contributed by atoms with Crippen LogP contribution in [0.1, 0.15) is 17.3 Å². The minimum atomic E-state index is -1.88. The molecule has 0 aromatic heterocycles. The molecule has 4 nitrogen and oxygen atoms in total. The van der Waals surface area contributed by atoms with Crippen molar-refractivity contribution >= 4 is 11.9 Å². The zero-order valence-electron chi connectivity index (χ0n) is 8.74. The van der Waals surface area contributed by atoms with Crippen molar-refractivity contribution in [3.05, 3.63) is 35.9 Å². The minimum absolute atomic E-state index is 0.295. The van der Waals surface area contributed by atoms with Gasteiger partial charge < -0.3 is 10.4 Å². The predicted octanol–water partition coefficient (Wildman–Crippen LogP) is 1.23. The second-order valence-electron chi connectivity index (χ2n) is 3.59. The third-order valence-corrected chi connectivity index (χ3v) is 2.16. The molecule has 1 rings (SSSR count). The van der Waals surface area contributed by atoms with Gasteiger partial charge in [-0.3, -0.25) is 4.79 Å². The normalized spacial score (nSPS) is 13.9. The summed E-state index contributed by atoms with van der Waals surface area (Å²) in [5.41, 5.74) is -1.59. The lowest BCUT2D eigenvalue weighted by molar-refractivity contribution is -0.144. The van der Waals surface area contributed by atoms with Gasteiger partial charge >= 0.3 is 5.97 Å². The van der Waals surface area contributed by atoms with Crippen LogP contribution in [-0.2, 0) is 4.79 Å². The number of carboxylic acid groups (broad SMARTS) is 1. The molecule has 0 saturated carbocycles. The molecule has 0 radical (unpaired) electrons. The highest BCUT2D eigenvalue weighted by atomic mass is 19.1. The summed E-state index contributed by atoms with van der Waals surface area (Å²) in [6, 6.07) is 8.05. The molecule has 0 aliphatic rings. The average Bonchev–Trinajstić information content (AvgIpc) is 2.29. The molecule has 1 atom stereocenters. The number of rotatable bonds is 4. The number of benzene rings is 1. The highest BCUT2D eigenvalue weighted by molar-refractivity contribution is 5.97. The van der Waals surface area contributed by atoms with E-state index in [0.29, 0.717) is 5.56 Å². The lowest BCUT2D eigenvalue weighted by Crippen LogP contribution is -2.54. The molecule has 16 heavy (non-hydrogen) atoms. The number of amides is 1. The van der Waals surface area contributed by atoms with Gasteiger partial charge in [-0.1, -0.05) is 18.2 Å². The molecule has 1 aromatic carbocycles. The van der Waals surface area contributed by atoms with Crippen molar-refractivity contribution in [3.8, 4) is 0 Å². The topological polar surface area (TPSA) is 66.4 Å². The van der Waals surface area contributed by atoms with Crippen LogP contribution < -0.4 is 5.32 Å². The highest BCUT2D eigenvalue weighted by Gasteiger charge is 2.35. The standard InChI is InChI=1S/C11H12FNO3/c1-11(7-12,10(15)16)13-9(14)8-5-3-2-4-6-8/h2-6H,7H2,1H3,(H,13,14)(H,15,16). The van der Waals surface area contributed by atoms with Gasteiger partial charge in [0.05, 0.1) is 0 Å². The van der Waals surface area contributed by atoms with Crippen LogP contribution in [0.2, 0.25) is 0 Å². The van der Waals surface area contributed by atoms with Crippen LogP contribution in [0.15, 0.2) is 30.3 Å². The molecule has 86 valence electrons. The van der Waals surface area contributed by atoms with E-state index >= 15 is 0 Å². The Morgan fingerprint density at radius 2 is 1.94 bits per heavy atom. The SMILES string of the molecule is CC(CF)(NC(=O)c1ccccc1)C(=O)O. The van der Waals surface area contributed by atoms with Crippen molar-refractivity contribution in [1.29, 1.82) is 0 Å². The summed E-state index contributed by atoms with van der Waals surface area (Å²) in [5.74, 6) is -2.01. The molecule has 1 aromatic rings. The van der Waals surface area contributed by atoms with Gasteiger partial charge in [0.25, 0.3) is 5.91 Å². The van der Waals surface area contributed by atoms with Gasteiger partial charge in [-0.05, 0) is 19.1 Å². The lowest BCUT2D eigenvalue weighted by atomic mass is 10.0. The van der Waals surface area contributed by atoms with Crippen LogP contribution in [-0.4, -0.2) is 29.2 Å². The van der Waals surface area contributed by atoms with Crippen LogP contribution in [0, 0.1) is 0 Å². The molecule has 0 fully saturated rings. The summed E-state index contributed by atoms with van der Waals surface area (Å²) in [6.45, 7) is -0.0446. The maximum Gasteiger partial charge on any atom is 0.331 e. The Labute approximate surface area is 92.1 Å². The molecule has 1 unspecified atom stereocenters. The molecule has 5 heteroatoms. The Morgan fingerprint density at radius 3 is 2.38 bits per heavy atom. The van der Waals surface area contributed by atoms with E-state index in [1.165, 1.54) is 12.1 Å². The number of carbonyl (C=O) groups excluding carboxylic acids is 1. The van der Waals surface area contributed by atoms with Gasteiger partial charge in [0.1, 0.15) is 6.67 Å². The predicted molar refractivity (Wildman–Crippen MR) is 55.9 cm³/mol. The van der Waals surface area contributed by atoms with Crippen LogP contribution in [0.4, 0.5) is 4.39 Å². The van der Waals surface area contributed by atoms with Crippen LogP contribution in [0.25, 0.3) is 0 Å². The molecule has 1 amide bonds. The van der Waals surface area contributed by atoms with E-state index in [-0.39, 0.29) is 0 Å². The summed E-state index contributed by atoms with van der Waals surface area (Å²) in [7, 11) is 0. The second kappa shape index (κ2) is 4.74. The average molecular weight is 225 g/mol. The fraction of sp³-hybridized carbons (Fsp3) is 0.273. The lowest BCUT2D eigenvalue weighted by Gasteiger charge is -2.22. The van der Waals surface area contributed by atoms with Gasteiger partial charge in [-0.2, -0.15) is 0 Å². The van der Waals surface area contributed by atoms with Crippen molar-refractivity contribution in [2.24, 2.45) is 0 Å². The number of aliphatic carboxylic acids is 1. The van der Waals surface area contributed by atoms with Crippen LogP contribution in [0.3, 0.4) is 0 Å². The van der Waals surface area contributed by atoms with Crippen molar-refractivity contribution < 1.29 is 19.1 Å². The summed E-state index contributed by atoms with van der Waals surface area (Å²) in [5, 5.41) is 10.9. The van der Waals surface area contributed by atoms with Crippen molar-refractivity contribution in [2.45, 2.75) is 12.5 Å². The minimum Gasteiger partial charge on any atom is -0.479 e. The van der Waals surface area contributed by atoms with Crippen molar-refractivity contribution in [2.75, 3.05) is 6.67 Å². The van der Waals surface area contributed by atoms with Crippen LogP contribution in [0.5, 0.6) is 0 Å². The number of hydrogen-bond acceptors (Lipinski definition) is 2. The van der Waals surface area contributed by atoms with Crippen LogP contribution >= 0.6 is 0 Å². The van der Waals surface area contributed by atoms with E-state index in [1.54, 1.807) is 18.2 Å². The Morgan fingerprint density at radius 1 is 1.38 bits per heavy atom. The fourth-order valence-corrected chi connectivity index (χ4v) is 1.06. The molecule has 0 spiro atoms. The van der Waals surface area contributed by atoms with E-state index in [0.717, 1.165) is 6.92 Å². The number of carbonyl (C=O) groups is 2. The van der Waals surface area contributed by atoms with E-state index in [4.69, 9.17) is 5.11 Å². The first-order valence-electron chi connectivity index (χ1n) is 4.66. The first-order chi connectivity index (χ1) is 7.49. The zero-order chi connectivity index (χ0) is 12.2. The molecule has 0 heterocycles. The number of hydrogen-bond donors (Lipinski definition) is 2. The Hall–Kier alpha value is -1.91. The summed E-state index contributed by atoms with van der Waals surface area (Å²) >= 11 is 0. The monoisotopic (exact) mass is 225 g/mol. The second-order valence-corrected chi connectivity index (χ2v) is 3.59. The Balaban J connectivity index is 2.82. The zero-order valence-corrected chi connectivity index (χ0v) is 8.74. The van der Waals surface area contributed by atoms with Gasteiger partial charge in [-0.15, -0.1) is 0 Å². The quantitative estimate of drug-likeness (QED) is 0.809. The molecule has 0 aliphatic carbocycles. The maximum absolute atomic E-state index is 12.6. The molecule has 0 saturated heterocycles. The molecule has 2 N–H and O–H groups in total. The Kier molecular flexibility index (Phi) is 3.60. The maximum atomic E-state index is 12.6. The molecule has 0 bridgehead atoms. The van der Waals surface area contributed by atoms with Crippen molar-refractivity contribution in [1.82, 2.24) is 5.32 Å². The number of halogens is 1. The molecular formula is C11H12FNO3. The molecule has 0 aliphatic heterocycles. The van der Waals surface area contributed by atoms with Gasteiger partial charge in [-0.25, -0.2) is 9.18 Å². The van der Waals surface area contributed by atoms with Gasteiger partial charge in [0.15, 0.2) is 5.54 Å². The van der Waals surface area contributed by atoms with E-state index in [1.807, 2.05) is 0 Å². The number of nitrogens with one attached hydrogen (secondary N) is 1. The number of carboxylic acids is 1. The Bertz CT molecular complexity index is 393. The first-order valence-corrected chi connectivity index (χ1v) is 4.66. The van der Waals surface area contributed by atoms with Crippen molar-refractivity contribution in [3.63, 3.8) is 0 Å². The molecular weight excluding hydrogens is 213 g/mol. The largest absolute Gasteiger partial charge is 0.479 e. The smallest absolute Gasteiger partial charge is 0.331 e. The third-order valence-electron chi connectivity index (χ3n) is 2.16. The first kappa shape index (κ1) is 12.2. The number of alkyl halides is 1. The van der Waals surface area contributed by atoms with E-state index in [9.17, 15) is 14.0 Å². The highest BCUT2D eigenvalue weighted by Crippen LogP contribution is 2.07. The van der Waals surface area contributed by atoms with E-state index < -0.39 is 24.1 Å². The van der Waals surface area contributed by atoms with E-state index in [2.05, 4.69) is 5.32 Å². The third kappa shape index (κ3) is 2.56. The summed E-state index contributed by atoms with van der Waals surface area (Å²) in [6.07, 6.45) is 0.